The lowest BCUT2D eigenvalue weighted by Gasteiger charge is -2.14. The summed E-state index contributed by atoms with van der Waals surface area (Å²) in [5, 5.41) is 0. The summed E-state index contributed by atoms with van der Waals surface area (Å²) in [5.41, 5.74) is 2.81. The zero-order valence-corrected chi connectivity index (χ0v) is 22.2. The Hall–Kier alpha value is -2.78. The van der Waals surface area contributed by atoms with Gasteiger partial charge in [-0.3, -0.25) is 9.78 Å². The van der Waals surface area contributed by atoms with Gasteiger partial charge in [0.05, 0.1) is 17.7 Å². The van der Waals surface area contributed by atoms with Gasteiger partial charge in [-0.05, 0) is 60.1 Å². The molecule has 202 valence electrons. The second-order valence-corrected chi connectivity index (χ2v) is 9.02. The third-order valence-corrected chi connectivity index (χ3v) is 5.36. The Balaban J connectivity index is 1.88. The van der Waals surface area contributed by atoms with Gasteiger partial charge in [-0.1, -0.05) is 58.9 Å². The Bertz CT molecular complexity index is 854. The van der Waals surface area contributed by atoms with Gasteiger partial charge in [0.1, 0.15) is 0 Å². The molecule has 0 fully saturated rings. The van der Waals surface area contributed by atoms with E-state index in [9.17, 15) is 9.59 Å². The fourth-order valence-corrected chi connectivity index (χ4v) is 3.10. The number of hydrogen-bond acceptors (Lipinski definition) is 8. The molecule has 0 amide bonds. The van der Waals surface area contributed by atoms with E-state index in [0.29, 0.717) is 49.2 Å². The molecule has 2 aromatic carbocycles. The molecule has 0 aliphatic carbocycles. The lowest BCUT2D eigenvalue weighted by Crippen LogP contribution is -2.18. The predicted molar refractivity (Wildman–Crippen MR) is 138 cm³/mol. The molecule has 0 bridgehead atoms. The van der Waals surface area contributed by atoms with Crippen LogP contribution in [0, 0.1) is 13.2 Å². The summed E-state index contributed by atoms with van der Waals surface area (Å²) >= 11 is 0. The molecule has 0 atom stereocenters. The minimum atomic E-state index is -0.713. The van der Waals surface area contributed by atoms with Gasteiger partial charge in [0.2, 0.25) is 0 Å². The number of ether oxygens (including phenoxy) is 2. The van der Waals surface area contributed by atoms with Gasteiger partial charge in [-0.25, -0.2) is 9.59 Å². The van der Waals surface area contributed by atoms with Crippen LogP contribution < -0.4 is 0 Å². The van der Waals surface area contributed by atoms with Gasteiger partial charge in [-0.2, -0.15) is 0 Å². The van der Waals surface area contributed by atoms with Crippen molar-refractivity contribution in [3.8, 4) is 0 Å². The van der Waals surface area contributed by atoms with Gasteiger partial charge in [-0.15, -0.1) is 9.78 Å². The summed E-state index contributed by atoms with van der Waals surface area (Å²) in [4.78, 5) is 44.8. The average Bonchev–Trinajstić information content (AvgIpc) is 2.90. The Kier molecular flexibility index (Phi) is 13.9. The molecule has 8 heteroatoms. The van der Waals surface area contributed by atoms with Gasteiger partial charge in [0.15, 0.2) is 0 Å². The first kappa shape index (κ1) is 30.4. The van der Waals surface area contributed by atoms with Crippen molar-refractivity contribution < 1.29 is 38.6 Å². The van der Waals surface area contributed by atoms with Crippen molar-refractivity contribution in [1.29, 1.82) is 0 Å². The highest BCUT2D eigenvalue weighted by atomic mass is 17.3. The van der Waals surface area contributed by atoms with E-state index in [1.165, 1.54) is 0 Å². The quantitative estimate of drug-likeness (QED) is 0.137. The average molecular weight is 515 g/mol. The molecule has 0 saturated carbocycles. The standard InChI is InChI=1S/C29H38O8/c1-6-17-32-18-7-19-33-20-16-27(34-36-28(30)25-12-8-23(9-13-25)21(2)3)35-37-29(31)26-14-10-24(11-15-26)22(4)5/h8-15,21-22H,1,6-7,16-20H2,2-5H3. The molecule has 0 saturated heterocycles. The fraction of sp³-hybridized carbons (Fsp3) is 0.448. The number of carbonyl (C=O) groups excluding carboxylic acids is 2. The van der Waals surface area contributed by atoms with Crippen molar-refractivity contribution in [2.75, 3.05) is 26.4 Å². The highest BCUT2D eigenvalue weighted by Crippen LogP contribution is 2.19. The monoisotopic (exact) mass is 514 g/mol. The molecule has 2 rings (SSSR count). The highest BCUT2D eigenvalue weighted by molar-refractivity contribution is 5.89. The lowest BCUT2D eigenvalue weighted by molar-refractivity contribution is -0.364. The molecule has 37 heavy (non-hydrogen) atoms. The molecule has 0 aromatic heterocycles. The second kappa shape index (κ2) is 16.9. The van der Waals surface area contributed by atoms with Crippen LogP contribution in [0.1, 0.15) is 90.6 Å². The zero-order chi connectivity index (χ0) is 27.0. The van der Waals surface area contributed by atoms with E-state index in [0.717, 1.165) is 17.5 Å². The van der Waals surface area contributed by atoms with E-state index < -0.39 is 11.9 Å². The fourth-order valence-electron chi connectivity index (χ4n) is 3.10. The van der Waals surface area contributed by atoms with E-state index in [1.54, 1.807) is 24.3 Å². The van der Waals surface area contributed by atoms with Crippen LogP contribution in [0.2, 0.25) is 0 Å². The highest BCUT2D eigenvalue weighted by Gasteiger charge is 2.22. The summed E-state index contributed by atoms with van der Waals surface area (Å²) in [6.45, 7) is 13.8. The van der Waals surface area contributed by atoms with Crippen molar-refractivity contribution in [2.24, 2.45) is 0 Å². The van der Waals surface area contributed by atoms with Crippen molar-refractivity contribution in [2.45, 2.75) is 58.8 Å². The molecule has 0 spiro atoms. The van der Waals surface area contributed by atoms with Crippen LogP contribution in [0.4, 0.5) is 0 Å². The summed E-state index contributed by atoms with van der Waals surface area (Å²) in [6.07, 6.45) is 1.26. The normalized spacial score (nSPS) is 11.4. The van der Waals surface area contributed by atoms with Gasteiger partial charge in [0, 0.05) is 26.2 Å². The van der Waals surface area contributed by atoms with Crippen LogP contribution in [0.3, 0.4) is 0 Å². The molecule has 0 N–H and O–H groups in total. The van der Waals surface area contributed by atoms with Gasteiger partial charge >= 0.3 is 18.2 Å². The number of benzene rings is 2. The van der Waals surface area contributed by atoms with Crippen LogP contribution in [-0.4, -0.2) is 38.4 Å². The summed E-state index contributed by atoms with van der Waals surface area (Å²) in [5.74, 6) is -0.756. The molecular weight excluding hydrogens is 476 g/mol. The number of hydrogen-bond donors (Lipinski definition) is 0. The van der Waals surface area contributed by atoms with Crippen LogP contribution in [0.25, 0.3) is 0 Å². The zero-order valence-electron chi connectivity index (χ0n) is 22.2. The predicted octanol–water partition coefficient (Wildman–Crippen LogP) is 6.34. The van der Waals surface area contributed by atoms with Crippen LogP contribution >= 0.6 is 0 Å². The first-order valence-electron chi connectivity index (χ1n) is 12.6. The maximum atomic E-state index is 12.4. The van der Waals surface area contributed by atoms with E-state index >= 15 is 0 Å². The van der Waals surface area contributed by atoms with Gasteiger partial charge in [0.25, 0.3) is 0 Å². The van der Waals surface area contributed by atoms with Crippen molar-refractivity contribution in [1.82, 2.24) is 0 Å². The Morgan fingerprint density at radius 1 is 0.649 bits per heavy atom. The van der Waals surface area contributed by atoms with E-state index in [1.807, 2.05) is 24.3 Å². The third-order valence-electron chi connectivity index (χ3n) is 5.36. The summed E-state index contributed by atoms with van der Waals surface area (Å²) in [6, 6.07) is 14.0. The summed E-state index contributed by atoms with van der Waals surface area (Å²) < 4.78 is 10.9. The van der Waals surface area contributed by atoms with E-state index in [-0.39, 0.29) is 19.3 Å². The molecular formula is C29H38O8. The molecule has 0 unspecified atom stereocenters. The molecule has 0 aliphatic rings. The van der Waals surface area contributed by atoms with Crippen molar-refractivity contribution in [3.05, 3.63) is 84.0 Å². The Morgan fingerprint density at radius 2 is 1.08 bits per heavy atom. The number of rotatable bonds is 17. The third kappa shape index (κ3) is 11.4. The van der Waals surface area contributed by atoms with Gasteiger partial charge < -0.3 is 9.47 Å². The minimum Gasteiger partial charge on any atom is -0.381 e. The SMILES string of the molecule is [CH2]CCOCCCOCC[C](OOC(=O)c1ccc(C(C)C)cc1)OOC(=O)c1ccc(C(C)C)cc1. The molecule has 8 nitrogen and oxygen atoms in total. The second-order valence-electron chi connectivity index (χ2n) is 9.02. The van der Waals surface area contributed by atoms with Crippen LogP contribution in [0.15, 0.2) is 48.5 Å². The molecule has 2 radical (unpaired) electrons. The van der Waals surface area contributed by atoms with E-state index in [4.69, 9.17) is 29.0 Å². The first-order chi connectivity index (χ1) is 17.8. The molecule has 2 aromatic rings. The van der Waals surface area contributed by atoms with Crippen LogP contribution in [-0.2, 0) is 29.0 Å². The number of carbonyl (C=O) groups is 2. The lowest BCUT2D eigenvalue weighted by atomic mass is 10.0. The molecule has 0 heterocycles. The molecule has 0 aliphatic heterocycles. The Morgan fingerprint density at radius 3 is 1.49 bits per heavy atom. The van der Waals surface area contributed by atoms with Crippen molar-refractivity contribution in [3.63, 3.8) is 0 Å². The minimum absolute atomic E-state index is 0.0683. The van der Waals surface area contributed by atoms with Crippen LogP contribution in [0.5, 0.6) is 0 Å². The van der Waals surface area contributed by atoms with Crippen molar-refractivity contribution >= 4 is 11.9 Å². The van der Waals surface area contributed by atoms with E-state index in [2.05, 4.69) is 34.6 Å². The largest absolute Gasteiger partial charge is 0.381 e. The first-order valence-corrected chi connectivity index (χ1v) is 12.6. The topological polar surface area (TPSA) is 89.5 Å². The smallest absolute Gasteiger partial charge is 0.373 e. The maximum absolute atomic E-state index is 12.4. The maximum Gasteiger partial charge on any atom is 0.373 e. The summed E-state index contributed by atoms with van der Waals surface area (Å²) in [7, 11) is 0. The Labute approximate surface area is 220 Å².